The van der Waals surface area contributed by atoms with Crippen LogP contribution in [0.3, 0.4) is 0 Å². The number of alkyl carbamates (subject to hydrolysis) is 1. The van der Waals surface area contributed by atoms with Crippen LogP contribution in [0.1, 0.15) is 54.4 Å². The Kier molecular flexibility index (Phi) is 6.05. The Morgan fingerprint density at radius 1 is 1.29 bits per heavy atom. The molecule has 1 N–H and O–H groups in total. The van der Waals surface area contributed by atoms with Gasteiger partial charge >= 0.3 is 6.09 Å². The van der Waals surface area contributed by atoms with E-state index in [9.17, 15) is 9.59 Å². The van der Waals surface area contributed by atoms with E-state index >= 15 is 0 Å². The lowest BCUT2D eigenvalue weighted by Gasteiger charge is -2.35. The smallest absolute Gasteiger partial charge is 0.408 e. The lowest BCUT2D eigenvalue weighted by molar-refractivity contribution is -0.136. The van der Waals surface area contributed by atoms with E-state index in [0.29, 0.717) is 5.92 Å². The van der Waals surface area contributed by atoms with E-state index in [2.05, 4.69) is 12.2 Å². The van der Waals surface area contributed by atoms with Crippen molar-refractivity contribution in [2.45, 2.75) is 66.0 Å². The number of nitrogens with one attached hydrogen (secondary N) is 1. The molecule has 2 amide bonds. The molecule has 0 aliphatic carbocycles. The summed E-state index contributed by atoms with van der Waals surface area (Å²) in [5.41, 5.74) is -0.561. The summed E-state index contributed by atoms with van der Waals surface area (Å²) in [6.07, 6.45) is 1.67. The predicted octanol–water partition coefficient (Wildman–Crippen LogP) is 2.79. The Bertz CT molecular complexity index is 374. The SMILES string of the molecule is CC1CCCN(C(=O)C(NC(=O)OC(C)(C)C)C(C)C)C1. The summed E-state index contributed by atoms with van der Waals surface area (Å²) in [5, 5.41) is 2.73. The summed E-state index contributed by atoms with van der Waals surface area (Å²) in [4.78, 5) is 26.4. The molecule has 0 radical (unpaired) electrons. The molecule has 0 aromatic carbocycles. The molecule has 1 fully saturated rings. The van der Waals surface area contributed by atoms with Gasteiger partial charge in [-0.05, 0) is 45.4 Å². The van der Waals surface area contributed by atoms with Gasteiger partial charge in [-0.25, -0.2) is 4.79 Å². The highest BCUT2D eigenvalue weighted by molar-refractivity contribution is 5.86. The molecular formula is C16H30N2O3. The van der Waals surface area contributed by atoms with Crippen LogP contribution in [0.2, 0.25) is 0 Å². The molecule has 1 aliphatic rings. The van der Waals surface area contributed by atoms with Gasteiger partial charge in [0.2, 0.25) is 5.91 Å². The van der Waals surface area contributed by atoms with Crippen LogP contribution >= 0.6 is 0 Å². The second-order valence-electron chi connectivity index (χ2n) is 7.40. The molecule has 2 atom stereocenters. The molecule has 5 nitrogen and oxygen atoms in total. The third-order valence-corrected chi connectivity index (χ3v) is 3.57. The summed E-state index contributed by atoms with van der Waals surface area (Å²) < 4.78 is 5.26. The number of rotatable bonds is 3. The Morgan fingerprint density at radius 3 is 2.38 bits per heavy atom. The van der Waals surface area contributed by atoms with Gasteiger partial charge in [0.15, 0.2) is 0 Å². The van der Waals surface area contributed by atoms with E-state index in [4.69, 9.17) is 4.74 Å². The van der Waals surface area contributed by atoms with Gasteiger partial charge in [-0.15, -0.1) is 0 Å². The van der Waals surface area contributed by atoms with Crippen molar-refractivity contribution in [1.82, 2.24) is 10.2 Å². The molecule has 0 aromatic rings. The number of amides is 2. The molecule has 122 valence electrons. The standard InChI is InChI=1S/C16H30N2O3/c1-11(2)13(17-15(20)21-16(4,5)6)14(19)18-9-7-8-12(3)10-18/h11-13H,7-10H2,1-6H3,(H,17,20). The van der Waals surface area contributed by atoms with Gasteiger partial charge in [0.05, 0.1) is 0 Å². The van der Waals surface area contributed by atoms with Crippen LogP contribution in [0.25, 0.3) is 0 Å². The average Bonchev–Trinajstić information content (AvgIpc) is 2.32. The van der Waals surface area contributed by atoms with E-state index in [1.54, 1.807) is 0 Å². The van der Waals surface area contributed by atoms with Crippen LogP contribution in [-0.4, -0.2) is 41.6 Å². The number of ether oxygens (including phenoxy) is 1. The molecule has 21 heavy (non-hydrogen) atoms. The third kappa shape index (κ3) is 5.94. The summed E-state index contributed by atoms with van der Waals surface area (Å²) in [7, 11) is 0. The largest absolute Gasteiger partial charge is 0.444 e. The fourth-order valence-electron chi connectivity index (χ4n) is 2.53. The summed E-state index contributed by atoms with van der Waals surface area (Å²) in [6.45, 7) is 13.0. The highest BCUT2D eigenvalue weighted by Gasteiger charge is 2.32. The average molecular weight is 298 g/mol. The van der Waals surface area contributed by atoms with Gasteiger partial charge in [-0.1, -0.05) is 20.8 Å². The number of carbonyl (C=O) groups excluding carboxylic acids is 2. The van der Waals surface area contributed by atoms with Gasteiger partial charge in [0.1, 0.15) is 11.6 Å². The van der Waals surface area contributed by atoms with Crippen molar-refractivity contribution < 1.29 is 14.3 Å². The van der Waals surface area contributed by atoms with Gasteiger partial charge < -0.3 is 15.0 Å². The summed E-state index contributed by atoms with van der Waals surface area (Å²) in [6, 6.07) is -0.523. The first kappa shape index (κ1) is 17.8. The minimum atomic E-state index is -0.561. The molecule has 0 saturated carbocycles. The summed E-state index contributed by atoms with van der Waals surface area (Å²) >= 11 is 0. The van der Waals surface area contributed by atoms with Crippen LogP contribution in [0.4, 0.5) is 4.79 Å². The highest BCUT2D eigenvalue weighted by atomic mass is 16.6. The number of piperidine rings is 1. The molecule has 5 heteroatoms. The molecule has 2 unspecified atom stereocenters. The molecule has 1 saturated heterocycles. The first-order valence-corrected chi connectivity index (χ1v) is 7.88. The third-order valence-electron chi connectivity index (χ3n) is 3.57. The second kappa shape index (κ2) is 7.14. The van der Waals surface area contributed by atoms with Crippen LogP contribution in [0.5, 0.6) is 0 Å². The van der Waals surface area contributed by atoms with E-state index < -0.39 is 17.7 Å². The maximum Gasteiger partial charge on any atom is 0.408 e. The van der Waals surface area contributed by atoms with Gasteiger partial charge in [0.25, 0.3) is 0 Å². The van der Waals surface area contributed by atoms with Crippen LogP contribution in [0, 0.1) is 11.8 Å². The first-order valence-electron chi connectivity index (χ1n) is 7.88. The molecule has 0 spiro atoms. The van der Waals surface area contributed by atoms with Crippen molar-refractivity contribution in [1.29, 1.82) is 0 Å². The zero-order valence-corrected chi connectivity index (χ0v) is 14.2. The van der Waals surface area contributed by atoms with Crippen LogP contribution in [0.15, 0.2) is 0 Å². The minimum absolute atomic E-state index is 0.00223. The van der Waals surface area contributed by atoms with Crippen molar-refractivity contribution in [2.24, 2.45) is 11.8 Å². The zero-order chi connectivity index (χ0) is 16.2. The Balaban J connectivity index is 2.68. The van der Waals surface area contributed by atoms with E-state index in [1.807, 2.05) is 39.5 Å². The van der Waals surface area contributed by atoms with Gasteiger partial charge in [-0.2, -0.15) is 0 Å². The summed E-state index contributed by atoms with van der Waals surface area (Å²) in [5.74, 6) is 0.557. The fourth-order valence-corrected chi connectivity index (χ4v) is 2.53. The van der Waals surface area contributed by atoms with E-state index in [1.165, 1.54) is 0 Å². The van der Waals surface area contributed by atoms with Crippen molar-refractivity contribution >= 4 is 12.0 Å². The predicted molar refractivity (Wildman–Crippen MR) is 83.0 cm³/mol. The second-order valence-corrected chi connectivity index (χ2v) is 7.40. The van der Waals surface area contributed by atoms with Crippen molar-refractivity contribution in [2.75, 3.05) is 13.1 Å². The van der Waals surface area contributed by atoms with Crippen LogP contribution in [-0.2, 0) is 9.53 Å². The normalized spacial score (nSPS) is 21.1. The van der Waals surface area contributed by atoms with Gasteiger partial charge in [0, 0.05) is 13.1 Å². The Labute approximate surface area is 128 Å². The number of carbonyl (C=O) groups is 2. The number of nitrogens with zero attached hydrogens (tertiary/aromatic N) is 1. The fraction of sp³-hybridized carbons (Fsp3) is 0.875. The molecule has 1 heterocycles. The minimum Gasteiger partial charge on any atom is -0.444 e. The number of hydrogen-bond donors (Lipinski definition) is 1. The molecule has 0 bridgehead atoms. The van der Waals surface area contributed by atoms with E-state index in [0.717, 1.165) is 25.9 Å². The van der Waals surface area contributed by atoms with Crippen LogP contribution < -0.4 is 5.32 Å². The topological polar surface area (TPSA) is 58.6 Å². The van der Waals surface area contributed by atoms with Crippen molar-refractivity contribution in [3.8, 4) is 0 Å². The van der Waals surface area contributed by atoms with Crippen molar-refractivity contribution in [3.05, 3.63) is 0 Å². The molecule has 1 rings (SSSR count). The molecule has 0 aromatic heterocycles. The molecule has 1 aliphatic heterocycles. The number of likely N-dealkylation sites (tertiary alicyclic amines) is 1. The van der Waals surface area contributed by atoms with E-state index in [-0.39, 0.29) is 11.8 Å². The Hall–Kier alpha value is -1.26. The lowest BCUT2D eigenvalue weighted by Crippen LogP contribution is -2.54. The monoisotopic (exact) mass is 298 g/mol. The first-order chi connectivity index (χ1) is 9.60. The maximum atomic E-state index is 12.6. The molecular weight excluding hydrogens is 268 g/mol. The number of hydrogen-bond acceptors (Lipinski definition) is 3. The van der Waals surface area contributed by atoms with Crippen molar-refractivity contribution in [3.63, 3.8) is 0 Å². The Morgan fingerprint density at radius 2 is 1.90 bits per heavy atom. The van der Waals surface area contributed by atoms with Gasteiger partial charge in [-0.3, -0.25) is 4.79 Å². The zero-order valence-electron chi connectivity index (χ0n) is 14.2. The maximum absolute atomic E-state index is 12.6. The lowest BCUT2D eigenvalue weighted by atomic mass is 9.97. The highest BCUT2D eigenvalue weighted by Crippen LogP contribution is 2.18. The quantitative estimate of drug-likeness (QED) is 0.871.